The molecule has 6 nitrogen and oxygen atoms in total. The lowest BCUT2D eigenvalue weighted by atomic mass is 9.53. The topological polar surface area (TPSA) is 72.7 Å². The maximum Gasteiger partial charge on any atom is 0.244 e. The number of benzene rings is 1. The maximum atomic E-state index is 12.6. The lowest BCUT2D eigenvalue weighted by Crippen LogP contribution is -2.60. The van der Waals surface area contributed by atoms with Gasteiger partial charge in [-0.2, -0.15) is 4.80 Å². The van der Waals surface area contributed by atoms with E-state index in [1.165, 1.54) is 24.1 Å². The lowest BCUT2D eigenvalue weighted by molar-refractivity contribution is -0.127. The third-order valence-corrected chi connectivity index (χ3v) is 6.63. The van der Waals surface area contributed by atoms with Crippen LogP contribution < -0.4 is 5.32 Å². The van der Waals surface area contributed by atoms with Crippen molar-refractivity contribution in [3.8, 4) is 11.4 Å². The number of aromatic nitrogens is 4. The molecule has 4 bridgehead atoms. The Morgan fingerprint density at radius 2 is 1.81 bits per heavy atom. The van der Waals surface area contributed by atoms with Crippen LogP contribution in [0.25, 0.3) is 11.4 Å². The van der Waals surface area contributed by atoms with Crippen molar-refractivity contribution < 1.29 is 4.79 Å². The molecule has 1 amide bonds. The smallest absolute Gasteiger partial charge is 0.244 e. The number of hydrogen-bond acceptors (Lipinski definition) is 4. The van der Waals surface area contributed by atoms with Gasteiger partial charge in [-0.3, -0.25) is 4.79 Å². The molecule has 4 aliphatic carbocycles. The van der Waals surface area contributed by atoms with E-state index < -0.39 is 0 Å². The molecule has 0 saturated heterocycles. The van der Waals surface area contributed by atoms with Crippen molar-refractivity contribution >= 4 is 17.5 Å². The second-order valence-corrected chi connectivity index (χ2v) is 8.78. The van der Waals surface area contributed by atoms with Crippen LogP contribution in [0.4, 0.5) is 0 Å². The summed E-state index contributed by atoms with van der Waals surface area (Å²) in [5.41, 5.74) is 0.736. The number of carbonyl (C=O) groups excluding carboxylic acids is 1. The van der Waals surface area contributed by atoms with Gasteiger partial charge in [0.2, 0.25) is 11.7 Å². The van der Waals surface area contributed by atoms with Crippen molar-refractivity contribution in [3.05, 3.63) is 29.3 Å². The molecule has 0 aliphatic heterocycles. The number of hydrogen-bond donors (Lipinski definition) is 1. The Labute approximate surface area is 157 Å². The molecular weight excluding hydrogens is 350 g/mol. The summed E-state index contributed by atoms with van der Waals surface area (Å²) in [6.07, 6.45) is 7.50. The van der Waals surface area contributed by atoms with E-state index >= 15 is 0 Å². The summed E-state index contributed by atoms with van der Waals surface area (Å²) in [6.45, 7) is 0.0964. The molecule has 1 aromatic heterocycles. The fourth-order valence-electron chi connectivity index (χ4n) is 5.79. The van der Waals surface area contributed by atoms with Gasteiger partial charge in [-0.05, 0) is 73.6 Å². The molecule has 0 radical (unpaired) electrons. The van der Waals surface area contributed by atoms with Crippen LogP contribution in [0, 0.1) is 17.8 Å². The molecule has 26 heavy (non-hydrogen) atoms. The number of amides is 1. The first kappa shape index (κ1) is 16.2. The Morgan fingerprint density at radius 1 is 1.15 bits per heavy atom. The van der Waals surface area contributed by atoms with Gasteiger partial charge in [0.15, 0.2) is 0 Å². The standard InChI is InChI=1S/C19H22ClN5O/c20-16-4-2-1-3-15(16)18-22-24-25(23-18)11-17(26)21-19-8-12-5-13(9-19)7-14(6-12)10-19/h1-4,12-14H,5-11H2,(H,21,26). The number of tetrazole rings is 1. The molecule has 7 heteroatoms. The summed E-state index contributed by atoms with van der Waals surface area (Å²) in [6, 6.07) is 7.37. The van der Waals surface area contributed by atoms with E-state index in [4.69, 9.17) is 11.6 Å². The van der Waals surface area contributed by atoms with Gasteiger partial charge in [0.05, 0.1) is 5.02 Å². The summed E-state index contributed by atoms with van der Waals surface area (Å²) in [7, 11) is 0. The number of halogens is 1. The molecule has 0 spiro atoms. The molecule has 136 valence electrons. The maximum absolute atomic E-state index is 12.6. The molecule has 1 heterocycles. The highest BCUT2D eigenvalue weighted by molar-refractivity contribution is 6.33. The molecular formula is C19H22ClN5O. The normalized spacial score (nSPS) is 32.0. The van der Waals surface area contributed by atoms with Crippen molar-refractivity contribution in [2.45, 2.75) is 50.6 Å². The zero-order chi connectivity index (χ0) is 17.7. The van der Waals surface area contributed by atoms with Gasteiger partial charge in [-0.25, -0.2) is 0 Å². The molecule has 1 aromatic carbocycles. The Hall–Kier alpha value is -1.95. The number of carbonyl (C=O) groups is 1. The van der Waals surface area contributed by atoms with Gasteiger partial charge in [0.25, 0.3) is 0 Å². The zero-order valence-corrected chi connectivity index (χ0v) is 15.3. The van der Waals surface area contributed by atoms with Crippen LogP contribution in [0.5, 0.6) is 0 Å². The van der Waals surface area contributed by atoms with Crippen molar-refractivity contribution in [2.24, 2.45) is 17.8 Å². The van der Waals surface area contributed by atoms with E-state index in [9.17, 15) is 4.79 Å². The minimum absolute atomic E-state index is 0.0119. The van der Waals surface area contributed by atoms with E-state index in [-0.39, 0.29) is 18.0 Å². The van der Waals surface area contributed by atoms with Gasteiger partial charge in [0, 0.05) is 11.1 Å². The second kappa shape index (κ2) is 6.05. The van der Waals surface area contributed by atoms with Crippen LogP contribution in [-0.2, 0) is 11.3 Å². The third kappa shape index (κ3) is 2.90. The first-order valence-corrected chi connectivity index (χ1v) is 9.80. The van der Waals surface area contributed by atoms with E-state index in [0.29, 0.717) is 10.8 Å². The van der Waals surface area contributed by atoms with Crippen LogP contribution in [0.3, 0.4) is 0 Å². The number of nitrogens with one attached hydrogen (secondary N) is 1. The second-order valence-electron chi connectivity index (χ2n) is 8.37. The molecule has 4 fully saturated rings. The van der Waals surface area contributed by atoms with Crippen molar-refractivity contribution in [3.63, 3.8) is 0 Å². The highest BCUT2D eigenvalue weighted by Gasteiger charge is 2.51. The molecule has 4 aliphatic rings. The van der Waals surface area contributed by atoms with E-state index in [2.05, 4.69) is 20.7 Å². The molecule has 0 atom stereocenters. The van der Waals surface area contributed by atoms with Gasteiger partial charge >= 0.3 is 0 Å². The van der Waals surface area contributed by atoms with E-state index in [1.54, 1.807) is 6.07 Å². The molecule has 6 rings (SSSR count). The highest BCUT2D eigenvalue weighted by Crippen LogP contribution is 2.55. The summed E-state index contributed by atoms with van der Waals surface area (Å²) in [4.78, 5) is 14.0. The predicted octanol–water partition coefficient (Wildman–Crippen LogP) is 3.08. The van der Waals surface area contributed by atoms with Crippen LogP contribution in [0.2, 0.25) is 5.02 Å². The highest BCUT2D eigenvalue weighted by atomic mass is 35.5. The fourth-order valence-corrected chi connectivity index (χ4v) is 6.01. The first-order valence-electron chi connectivity index (χ1n) is 9.42. The molecule has 4 saturated carbocycles. The van der Waals surface area contributed by atoms with E-state index in [1.807, 2.05) is 18.2 Å². The van der Waals surface area contributed by atoms with Gasteiger partial charge in [-0.15, -0.1) is 10.2 Å². The zero-order valence-electron chi connectivity index (χ0n) is 14.6. The Balaban J connectivity index is 1.27. The van der Waals surface area contributed by atoms with Crippen LogP contribution >= 0.6 is 11.6 Å². The SMILES string of the molecule is O=C(Cn1nnc(-c2ccccc2Cl)n1)NC12CC3CC(CC(C3)C1)C2. The Kier molecular flexibility index (Phi) is 3.78. The molecule has 1 N–H and O–H groups in total. The van der Waals surface area contributed by atoms with Crippen molar-refractivity contribution in [1.29, 1.82) is 0 Å². The number of nitrogens with zero attached hydrogens (tertiary/aromatic N) is 4. The lowest BCUT2D eigenvalue weighted by Gasteiger charge is -2.56. The predicted molar refractivity (Wildman–Crippen MR) is 97.3 cm³/mol. The van der Waals surface area contributed by atoms with Crippen LogP contribution in [0.15, 0.2) is 24.3 Å². The van der Waals surface area contributed by atoms with Crippen molar-refractivity contribution in [2.75, 3.05) is 0 Å². The minimum atomic E-state index is -0.0185. The summed E-state index contributed by atoms with van der Waals surface area (Å²) in [5.74, 6) is 2.84. The summed E-state index contributed by atoms with van der Waals surface area (Å²) in [5, 5.41) is 16.3. The molecule has 2 aromatic rings. The van der Waals surface area contributed by atoms with Crippen LogP contribution in [0.1, 0.15) is 38.5 Å². The molecule has 0 unspecified atom stereocenters. The summed E-state index contributed by atoms with van der Waals surface area (Å²) >= 11 is 6.18. The monoisotopic (exact) mass is 371 g/mol. The average Bonchev–Trinajstić information content (AvgIpc) is 3.01. The third-order valence-electron chi connectivity index (χ3n) is 6.30. The van der Waals surface area contributed by atoms with Gasteiger partial charge in [0.1, 0.15) is 6.54 Å². The summed E-state index contributed by atoms with van der Waals surface area (Å²) < 4.78 is 0. The van der Waals surface area contributed by atoms with Gasteiger partial charge < -0.3 is 5.32 Å². The largest absolute Gasteiger partial charge is 0.349 e. The van der Waals surface area contributed by atoms with Gasteiger partial charge in [-0.1, -0.05) is 23.7 Å². The average molecular weight is 372 g/mol. The Morgan fingerprint density at radius 3 is 2.46 bits per heavy atom. The Bertz CT molecular complexity index is 813. The fraction of sp³-hybridized carbons (Fsp3) is 0.579. The first-order chi connectivity index (χ1) is 12.6. The van der Waals surface area contributed by atoms with E-state index in [0.717, 1.165) is 42.6 Å². The van der Waals surface area contributed by atoms with Crippen molar-refractivity contribution in [1.82, 2.24) is 25.5 Å². The number of rotatable bonds is 4. The van der Waals surface area contributed by atoms with Crippen LogP contribution in [-0.4, -0.2) is 31.7 Å². The minimum Gasteiger partial charge on any atom is -0.349 e. The quantitative estimate of drug-likeness (QED) is 0.896.